The Hall–Kier alpha value is -1.73. The van der Waals surface area contributed by atoms with Gasteiger partial charge in [-0.2, -0.15) is 0 Å². The van der Waals surface area contributed by atoms with E-state index in [0.29, 0.717) is 20.7 Å². The molecule has 0 aromatic carbocycles. The quantitative estimate of drug-likeness (QED) is 0.846. The van der Waals surface area contributed by atoms with Crippen molar-refractivity contribution in [3.63, 3.8) is 0 Å². The highest BCUT2D eigenvalue weighted by molar-refractivity contribution is 7.20. The number of nitrogens with one attached hydrogen (secondary N) is 2. The summed E-state index contributed by atoms with van der Waals surface area (Å²) in [5.74, 6) is -0.309. The average Bonchev–Trinajstić information content (AvgIpc) is 3.05. The maximum Gasteiger partial charge on any atom is 0.285 e. The molecule has 2 heterocycles. The number of thiophene rings is 1. The topological polar surface area (TPSA) is 84.1 Å². The average molecular weight is 293 g/mol. The number of nitrogens with zero attached hydrogens (tertiary/aromatic N) is 1. The highest BCUT2D eigenvalue weighted by atomic mass is 32.1. The summed E-state index contributed by atoms with van der Waals surface area (Å²) < 4.78 is 0. The van der Waals surface area contributed by atoms with Gasteiger partial charge in [-0.05, 0) is 25.3 Å². The lowest BCUT2D eigenvalue weighted by Gasteiger charge is -2.10. The van der Waals surface area contributed by atoms with Crippen molar-refractivity contribution < 1.29 is 9.63 Å². The Balaban J connectivity index is 1.82. The summed E-state index contributed by atoms with van der Waals surface area (Å²) in [6.45, 7) is 1.75. The minimum atomic E-state index is -0.309. The van der Waals surface area contributed by atoms with Gasteiger partial charge in [-0.3, -0.25) is 14.4 Å². The number of carbonyl (C=O) groups excluding carboxylic acids is 1. The van der Waals surface area contributed by atoms with E-state index < -0.39 is 0 Å². The van der Waals surface area contributed by atoms with Gasteiger partial charge in [0, 0.05) is 0 Å². The van der Waals surface area contributed by atoms with Crippen molar-refractivity contribution in [2.24, 2.45) is 0 Å². The molecule has 6 nitrogen and oxygen atoms in total. The summed E-state index contributed by atoms with van der Waals surface area (Å²) in [6, 6.07) is 0. The zero-order valence-electron chi connectivity index (χ0n) is 11.1. The minimum Gasteiger partial charge on any atom is -0.313 e. The number of aromatic amines is 1. The molecule has 1 aliphatic carbocycles. The molecule has 7 heteroatoms. The predicted molar refractivity (Wildman–Crippen MR) is 75.8 cm³/mol. The smallest absolute Gasteiger partial charge is 0.285 e. The van der Waals surface area contributed by atoms with Crippen LogP contribution < -0.4 is 11.0 Å². The number of aryl methyl sites for hydroxylation is 1. The fourth-order valence-corrected chi connectivity index (χ4v) is 3.52. The van der Waals surface area contributed by atoms with Gasteiger partial charge in [0.25, 0.3) is 11.5 Å². The van der Waals surface area contributed by atoms with E-state index in [-0.39, 0.29) is 17.6 Å². The first kappa shape index (κ1) is 13.3. The molecule has 0 spiro atoms. The molecule has 2 aromatic heterocycles. The Morgan fingerprint density at radius 3 is 2.95 bits per heavy atom. The first-order valence-electron chi connectivity index (χ1n) is 6.59. The van der Waals surface area contributed by atoms with Crippen LogP contribution in [0.3, 0.4) is 0 Å². The largest absolute Gasteiger partial charge is 0.313 e. The second-order valence-corrected chi connectivity index (χ2v) is 5.92. The molecule has 0 atom stereocenters. The van der Waals surface area contributed by atoms with Gasteiger partial charge in [0.2, 0.25) is 0 Å². The number of H-pyrrole nitrogens is 1. The molecule has 0 saturated heterocycles. The molecule has 106 valence electrons. The summed E-state index contributed by atoms with van der Waals surface area (Å²) in [5.41, 5.74) is 2.92. The Morgan fingerprint density at radius 2 is 2.25 bits per heavy atom. The van der Waals surface area contributed by atoms with E-state index in [9.17, 15) is 9.59 Å². The van der Waals surface area contributed by atoms with E-state index in [1.165, 1.54) is 17.7 Å². The highest BCUT2D eigenvalue weighted by Gasteiger charge is 2.21. The van der Waals surface area contributed by atoms with Crippen LogP contribution in [-0.2, 0) is 4.84 Å². The van der Waals surface area contributed by atoms with Gasteiger partial charge in [-0.15, -0.1) is 11.3 Å². The van der Waals surface area contributed by atoms with Crippen LogP contribution in [0.1, 0.15) is 40.9 Å². The molecule has 2 aromatic rings. The SMILES string of the molecule is Cc1c(C(=O)NOC2CCCC2)sc2nc[nH]c(=O)c12. The fourth-order valence-electron chi connectivity index (χ4n) is 2.48. The van der Waals surface area contributed by atoms with E-state index in [1.54, 1.807) is 6.92 Å². The van der Waals surface area contributed by atoms with E-state index in [4.69, 9.17) is 4.84 Å². The summed E-state index contributed by atoms with van der Waals surface area (Å²) in [7, 11) is 0. The van der Waals surface area contributed by atoms with Crippen molar-refractivity contribution >= 4 is 27.5 Å². The van der Waals surface area contributed by atoms with Crippen molar-refractivity contribution in [2.75, 3.05) is 0 Å². The highest BCUT2D eigenvalue weighted by Crippen LogP contribution is 2.26. The molecule has 0 radical (unpaired) electrons. The van der Waals surface area contributed by atoms with Crippen molar-refractivity contribution in [1.29, 1.82) is 0 Å². The third-order valence-corrected chi connectivity index (χ3v) is 4.76. The lowest BCUT2D eigenvalue weighted by molar-refractivity contribution is -0.0122. The molecular weight excluding hydrogens is 278 g/mol. The molecular formula is C13H15N3O3S. The third kappa shape index (κ3) is 2.34. The van der Waals surface area contributed by atoms with Crippen molar-refractivity contribution in [2.45, 2.75) is 38.7 Å². The van der Waals surface area contributed by atoms with Crippen LogP contribution in [0.25, 0.3) is 10.2 Å². The maximum atomic E-state index is 12.1. The first-order chi connectivity index (χ1) is 9.66. The van der Waals surface area contributed by atoms with E-state index in [0.717, 1.165) is 25.7 Å². The molecule has 0 aliphatic heterocycles. The predicted octanol–water partition coefficient (Wildman–Crippen LogP) is 1.90. The number of carbonyl (C=O) groups is 1. The number of hydroxylamine groups is 1. The molecule has 1 amide bonds. The Morgan fingerprint density at radius 1 is 1.50 bits per heavy atom. The lowest BCUT2D eigenvalue weighted by Crippen LogP contribution is -2.28. The van der Waals surface area contributed by atoms with Crippen LogP contribution in [0.4, 0.5) is 0 Å². The van der Waals surface area contributed by atoms with Gasteiger partial charge in [-0.1, -0.05) is 12.8 Å². The molecule has 0 bridgehead atoms. The number of aromatic nitrogens is 2. The molecule has 2 N–H and O–H groups in total. The van der Waals surface area contributed by atoms with Gasteiger partial charge < -0.3 is 4.98 Å². The Bertz CT molecular complexity index is 700. The van der Waals surface area contributed by atoms with Crippen LogP contribution in [0, 0.1) is 6.92 Å². The van der Waals surface area contributed by atoms with E-state index >= 15 is 0 Å². The number of hydrogen-bond acceptors (Lipinski definition) is 5. The first-order valence-corrected chi connectivity index (χ1v) is 7.41. The van der Waals surface area contributed by atoms with Gasteiger partial charge >= 0.3 is 0 Å². The van der Waals surface area contributed by atoms with Gasteiger partial charge in [-0.25, -0.2) is 10.5 Å². The Labute approximate surface area is 119 Å². The van der Waals surface area contributed by atoms with Crippen LogP contribution >= 0.6 is 11.3 Å². The molecule has 0 unspecified atom stereocenters. The van der Waals surface area contributed by atoms with Crippen LogP contribution in [0.15, 0.2) is 11.1 Å². The van der Waals surface area contributed by atoms with Gasteiger partial charge in [0.1, 0.15) is 4.83 Å². The van der Waals surface area contributed by atoms with Crippen LogP contribution in [0.2, 0.25) is 0 Å². The number of fused-ring (bicyclic) bond motifs is 1. The van der Waals surface area contributed by atoms with Crippen molar-refractivity contribution in [1.82, 2.24) is 15.4 Å². The zero-order valence-corrected chi connectivity index (χ0v) is 11.9. The lowest BCUT2D eigenvalue weighted by atomic mass is 10.2. The van der Waals surface area contributed by atoms with E-state index in [2.05, 4.69) is 15.4 Å². The third-order valence-electron chi connectivity index (χ3n) is 3.56. The molecule has 3 rings (SSSR count). The monoisotopic (exact) mass is 293 g/mol. The summed E-state index contributed by atoms with van der Waals surface area (Å²) in [4.78, 5) is 36.9. The second kappa shape index (κ2) is 5.34. The zero-order chi connectivity index (χ0) is 14.1. The standard InChI is InChI=1S/C13H15N3O3S/c1-7-9-11(17)14-6-15-13(9)20-10(7)12(18)16-19-8-4-2-3-5-8/h6,8H,2-5H2,1H3,(H,16,18)(H,14,15,17). The Kier molecular flexibility index (Phi) is 3.54. The molecule has 1 aliphatic rings. The number of hydrogen-bond donors (Lipinski definition) is 2. The second-order valence-electron chi connectivity index (χ2n) is 4.92. The van der Waals surface area contributed by atoms with Crippen molar-refractivity contribution in [3.8, 4) is 0 Å². The normalized spacial score (nSPS) is 15.8. The molecule has 1 fully saturated rings. The summed E-state index contributed by atoms with van der Waals surface area (Å²) >= 11 is 1.21. The summed E-state index contributed by atoms with van der Waals surface area (Å²) in [5, 5.41) is 0.475. The molecule has 1 saturated carbocycles. The fraction of sp³-hybridized carbons (Fsp3) is 0.462. The number of rotatable bonds is 3. The van der Waals surface area contributed by atoms with Crippen LogP contribution in [0.5, 0.6) is 0 Å². The van der Waals surface area contributed by atoms with Gasteiger partial charge in [0.15, 0.2) is 0 Å². The number of amides is 1. The van der Waals surface area contributed by atoms with Gasteiger partial charge in [0.05, 0.1) is 22.7 Å². The molecule has 20 heavy (non-hydrogen) atoms. The van der Waals surface area contributed by atoms with E-state index in [1.807, 2.05) is 0 Å². The minimum absolute atomic E-state index is 0.107. The summed E-state index contributed by atoms with van der Waals surface area (Å²) in [6.07, 6.45) is 5.69. The van der Waals surface area contributed by atoms with Crippen molar-refractivity contribution in [3.05, 3.63) is 27.1 Å². The van der Waals surface area contributed by atoms with Crippen LogP contribution in [-0.4, -0.2) is 22.0 Å². The maximum absolute atomic E-state index is 12.1.